The third-order valence-corrected chi connectivity index (χ3v) is 2.36. The summed E-state index contributed by atoms with van der Waals surface area (Å²) in [5.74, 6) is -1.29. The first-order chi connectivity index (χ1) is 8.72. The molecule has 1 aliphatic heterocycles. The van der Waals surface area contributed by atoms with Crippen molar-refractivity contribution in [3.05, 3.63) is 59.6 Å². The fraction of sp³-hybridized carbons (Fsp3) is 0.143. The molecule has 1 aromatic carbocycles. The van der Waals surface area contributed by atoms with E-state index in [1.54, 1.807) is 18.2 Å². The molecule has 1 aliphatic rings. The molecule has 0 bridgehead atoms. The first-order valence-corrected chi connectivity index (χ1v) is 5.62. The van der Waals surface area contributed by atoms with E-state index in [1.165, 1.54) is 18.2 Å². The third-order valence-electron chi connectivity index (χ3n) is 2.36. The second kappa shape index (κ2) is 5.31. The number of fused-ring (bicyclic) bond motifs is 1. The van der Waals surface area contributed by atoms with Crippen molar-refractivity contribution in [3.63, 3.8) is 0 Å². The number of hydrogen-bond acceptors (Lipinski definition) is 4. The van der Waals surface area contributed by atoms with Crippen LogP contribution in [0, 0.1) is 0 Å². The Morgan fingerprint density at radius 1 is 1.06 bits per heavy atom. The second-order valence-corrected chi connectivity index (χ2v) is 3.65. The number of carbonyl (C=O) groups is 2. The first-order valence-electron chi connectivity index (χ1n) is 5.62. The maximum Gasteiger partial charge on any atom is 0.346 e. The van der Waals surface area contributed by atoms with E-state index in [4.69, 9.17) is 9.47 Å². The van der Waals surface area contributed by atoms with E-state index in [0.29, 0.717) is 0 Å². The quantitative estimate of drug-likeness (QED) is 0.750. The second-order valence-electron chi connectivity index (χ2n) is 3.65. The van der Waals surface area contributed by atoms with Gasteiger partial charge in [-0.05, 0) is 18.6 Å². The van der Waals surface area contributed by atoms with Crippen LogP contribution in [-0.4, -0.2) is 11.9 Å². The summed E-state index contributed by atoms with van der Waals surface area (Å²) in [5, 5.41) is 0. The van der Waals surface area contributed by atoms with Gasteiger partial charge in [0.15, 0.2) is 0 Å². The topological polar surface area (TPSA) is 52.6 Å². The monoisotopic (exact) mass is 244 g/mol. The van der Waals surface area contributed by atoms with Crippen molar-refractivity contribution < 1.29 is 19.1 Å². The number of esters is 2. The van der Waals surface area contributed by atoms with Crippen LogP contribution in [0.25, 0.3) is 0 Å². The molecule has 92 valence electrons. The Balaban J connectivity index is 2.33. The largest absolute Gasteiger partial charge is 0.389 e. The fourth-order valence-electron chi connectivity index (χ4n) is 1.50. The normalized spacial score (nSPS) is 14.8. The van der Waals surface area contributed by atoms with E-state index in [0.717, 1.165) is 6.42 Å². The predicted octanol–water partition coefficient (Wildman–Crippen LogP) is 2.82. The molecule has 0 aliphatic carbocycles. The number of benzene rings is 1. The zero-order chi connectivity index (χ0) is 13.0. The van der Waals surface area contributed by atoms with Gasteiger partial charge in [0.2, 0.25) is 0 Å². The molecule has 18 heavy (non-hydrogen) atoms. The number of carbonyl (C=O) groups excluding carboxylic acids is 2. The maximum absolute atomic E-state index is 11.8. The molecule has 0 spiro atoms. The molecule has 0 radical (unpaired) electrons. The maximum atomic E-state index is 11.8. The van der Waals surface area contributed by atoms with Crippen LogP contribution >= 0.6 is 0 Å². The van der Waals surface area contributed by atoms with Crippen molar-refractivity contribution >= 4 is 11.9 Å². The van der Waals surface area contributed by atoms with E-state index in [2.05, 4.69) is 0 Å². The zero-order valence-corrected chi connectivity index (χ0v) is 9.88. The summed E-state index contributed by atoms with van der Waals surface area (Å²) in [6.07, 6.45) is 5.82. The molecule has 0 N–H and O–H groups in total. The average Bonchev–Trinajstić information content (AvgIpc) is 2.49. The molecule has 4 heteroatoms. The number of ether oxygens (including phenoxy) is 2. The molecule has 2 rings (SSSR count). The first kappa shape index (κ1) is 12.1. The van der Waals surface area contributed by atoms with Crippen LogP contribution in [0.5, 0.6) is 0 Å². The van der Waals surface area contributed by atoms with Crippen molar-refractivity contribution in [2.24, 2.45) is 0 Å². The average molecular weight is 244 g/mol. The number of hydrogen-bond donors (Lipinski definition) is 0. The molecule has 0 fully saturated rings. The molecular formula is C14H12O4. The fourth-order valence-corrected chi connectivity index (χ4v) is 1.50. The Morgan fingerprint density at radius 3 is 2.11 bits per heavy atom. The van der Waals surface area contributed by atoms with Crippen LogP contribution < -0.4 is 0 Å². The van der Waals surface area contributed by atoms with Crippen LogP contribution in [0.4, 0.5) is 0 Å². The van der Waals surface area contributed by atoms with E-state index in [-0.39, 0.29) is 17.1 Å². The number of cyclic esters (lactones) is 2. The Bertz CT molecular complexity index is 501. The molecule has 0 amide bonds. The van der Waals surface area contributed by atoms with Gasteiger partial charge in [-0.15, -0.1) is 0 Å². The van der Waals surface area contributed by atoms with E-state index in [9.17, 15) is 9.59 Å². The molecule has 0 aromatic heterocycles. The van der Waals surface area contributed by atoms with E-state index < -0.39 is 11.9 Å². The Morgan fingerprint density at radius 2 is 1.61 bits per heavy atom. The van der Waals surface area contributed by atoms with Crippen molar-refractivity contribution in [2.75, 3.05) is 0 Å². The highest BCUT2D eigenvalue weighted by Crippen LogP contribution is 2.19. The van der Waals surface area contributed by atoms with Gasteiger partial charge in [0.25, 0.3) is 5.95 Å². The van der Waals surface area contributed by atoms with Crippen molar-refractivity contribution in [3.8, 4) is 0 Å². The summed E-state index contributed by atoms with van der Waals surface area (Å²) in [5.41, 5.74) is 0.427. The SMILES string of the molecule is CC/C=C/C=C1OC(=O)c2ccccc2C(=O)O1. The summed E-state index contributed by atoms with van der Waals surface area (Å²) >= 11 is 0. The molecule has 0 saturated heterocycles. The number of rotatable bonds is 2. The molecule has 4 nitrogen and oxygen atoms in total. The molecule has 0 atom stereocenters. The minimum Gasteiger partial charge on any atom is -0.389 e. The summed E-state index contributed by atoms with van der Waals surface area (Å²) in [7, 11) is 0. The summed E-state index contributed by atoms with van der Waals surface area (Å²) in [6.45, 7) is 1.97. The van der Waals surface area contributed by atoms with Gasteiger partial charge < -0.3 is 9.47 Å². The summed E-state index contributed by atoms with van der Waals surface area (Å²) in [4.78, 5) is 23.5. The lowest BCUT2D eigenvalue weighted by Gasteiger charge is -2.01. The molecule has 1 heterocycles. The third kappa shape index (κ3) is 2.48. The minimum atomic E-state index is -0.590. The van der Waals surface area contributed by atoms with Crippen LogP contribution in [0.1, 0.15) is 34.1 Å². The van der Waals surface area contributed by atoms with Gasteiger partial charge in [0.05, 0.1) is 11.1 Å². The van der Waals surface area contributed by atoms with Crippen LogP contribution in [0.3, 0.4) is 0 Å². The lowest BCUT2D eigenvalue weighted by molar-refractivity contribution is 0.0278. The van der Waals surface area contributed by atoms with Crippen LogP contribution in [0.2, 0.25) is 0 Å². The zero-order valence-electron chi connectivity index (χ0n) is 9.88. The van der Waals surface area contributed by atoms with Gasteiger partial charge in [-0.2, -0.15) is 0 Å². The van der Waals surface area contributed by atoms with Crippen LogP contribution in [0.15, 0.2) is 48.4 Å². The highest BCUT2D eigenvalue weighted by atomic mass is 16.7. The lowest BCUT2D eigenvalue weighted by atomic mass is 10.1. The standard InChI is InChI=1S/C14H12O4/c1-2-3-4-9-12-17-13(15)10-7-5-6-8-11(10)14(16)18-12/h3-9H,2H2,1H3/b4-3+. The van der Waals surface area contributed by atoms with Gasteiger partial charge in [0.1, 0.15) is 0 Å². The van der Waals surface area contributed by atoms with E-state index in [1.807, 2.05) is 13.0 Å². The van der Waals surface area contributed by atoms with Crippen molar-refractivity contribution in [2.45, 2.75) is 13.3 Å². The summed E-state index contributed by atoms with van der Waals surface area (Å²) < 4.78 is 9.97. The highest BCUT2D eigenvalue weighted by molar-refractivity contribution is 6.04. The van der Waals surface area contributed by atoms with Gasteiger partial charge in [-0.1, -0.05) is 31.2 Å². The van der Waals surface area contributed by atoms with Crippen molar-refractivity contribution in [1.29, 1.82) is 0 Å². The summed E-state index contributed by atoms with van der Waals surface area (Å²) in [6, 6.07) is 6.39. The van der Waals surface area contributed by atoms with E-state index >= 15 is 0 Å². The molecule has 0 unspecified atom stereocenters. The Labute approximate surface area is 105 Å². The molecular weight excluding hydrogens is 232 g/mol. The lowest BCUT2D eigenvalue weighted by Crippen LogP contribution is -2.04. The van der Waals surface area contributed by atoms with Gasteiger partial charge >= 0.3 is 11.9 Å². The van der Waals surface area contributed by atoms with Gasteiger partial charge in [0, 0.05) is 6.08 Å². The molecule has 0 saturated carbocycles. The number of allylic oxidation sites excluding steroid dienone is 3. The molecule has 1 aromatic rings. The van der Waals surface area contributed by atoms with Crippen molar-refractivity contribution in [1.82, 2.24) is 0 Å². The smallest absolute Gasteiger partial charge is 0.346 e. The van der Waals surface area contributed by atoms with Crippen LogP contribution in [-0.2, 0) is 9.47 Å². The Hall–Kier alpha value is -2.36. The predicted molar refractivity (Wildman–Crippen MR) is 64.8 cm³/mol. The highest BCUT2D eigenvalue weighted by Gasteiger charge is 2.26. The van der Waals surface area contributed by atoms with Gasteiger partial charge in [-0.25, -0.2) is 9.59 Å². The Kier molecular flexibility index (Phi) is 3.57. The minimum absolute atomic E-state index is 0.106. The van der Waals surface area contributed by atoms with Gasteiger partial charge in [-0.3, -0.25) is 0 Å².